The Labute approximate surface area is 184 Å². The average Bonchev–Trinajstić information content (AvgIpc) is 3.24. The van der Waals surface area contributed by atoms with Crippen molar-refractivity contribution in [2.75, 3.05) is 7.11 Å². The number of hydrogen-bond donors (Lipinski definition) is 1. The minimum Gasteiger partial charge on any atom is -0.478 e. The second-order valence-electron chi connectivity index (χ2n) is 7.04. The molecule has 0 aliphatic rings. The largest absolute Gasteiger partial charge is 0.478 e. The van der Waals surface area contributed by atoms with Crippen molar-refractivity contribution in [3.05, 3.63) is 82.4 Å². The molecular weight excluding hydrogens is 416 g/mol. The van der Waals surface area contributed by atoms with Crippen LogP contribution in [0, 0.1) is 6.92 Å². The molecular formula is C24H19ClN2O4. The van der Waals surface area contributed by atoms with Crippen molar-refractivity contribution in [1.82, 2.24) is 10.1 Å². The van der Waals surface area contributed by atoms with Gasteiger partial charge < -0.3 is 14.4 Å². The molecule has 31 heavy (non-hydrogen) atoms. The highest BCUT2D eigenvalue weighted by molar-refractivity contribution is 6.33. The Kier molecular flexibility index (Phi) is 5.84. The maximum atomic E-state index is 11.2. The molecule has 0 atom stereocenters. The van der Waals surface area contributed by atoms with Gasteiger partial charge in [-0.25, -0.2) is 4.79 Å². The van der Waals surface area contributed by atoms with E-state index >= 15 is 0 Å². The number of aryl methyl sites for hydroxylation is 1. The fourth-order valence-corrected chi connectivity index (χ4v) is 3.69. The van der Waals surface area contributed by atoms with Crippen molar-refractivity contribution in [3.8, 4) is 34.0 Å². The van der Waals surface area contributed by atoms with E-state index in [1.165, 1.54) is 17.7 Å². The van der Waals surface area contributed by atoms with Crippen molar-refractivity contribution >= 4 is 17.6 Å². The van der Waals surface area contributed by atoms with Crippen LogP contribution >= 0.6 is 11.6 Å². The maximum absolute atomic E-state index is 11.2. The smallest absolute Gasteiger partial charge is 0.337 e. The summed E-state index contributed by atoms with van der Waals surface area (Å²) in [4.78, 5) is 15.6. The summed E-state index contributed by atoms with van der Waals surface area (Å²) in [5.41, 5.74) is 5.75. The SMILES string of the molecule is COCc1cc(-c2nc(-c3ccc(C(=O)O)c(Cl)c3)no2)ccc1-c1ccccc1C. The van der Waals surface area contributed by atoms with Crippen LogP contribution in [-0.4, -0.2) is 28.3 Å². The number of carbonyl (C=O) groups is 1. The summed E-state index contributed by atoms with van der Waals surface area (Å²) in [6.07, 6.45) is 0. The van der Waals surface area contributed by atoms with Gasteiger partial charge in [0.25, 0.3) is 5.89 Å². The topological polar surface area (TPSA) is 85.5 Å². The molecule has 0 saturated carbocycles. The van der Waals surface area contributed by atoms with Gasteiger partial charge in [0, 0.05) is 18.2 Å². The Hall–Kier alpha value is -3.48. The van der Waals surface area contributed by atoms with E-state index in [1.807, 2.05) is 30.3 Å². The molecule has 0 aliphatic heterocycles. The second kappa shape index (κ2) is 8.71. The highest BCUT2D eigenvalue weighted by Gasteiger charge is 2.16. The van der Waals surface area contributed by atoms with Crippen LogP contribution in [0.15, 0.2) is 65.2 Å². The first kappa shape index (κ1) is 20.8. The van der Waals surface area contributed by atoms with Gasteiger partial charge >= 0.3 is 5.97 Å². The van der Waals surface area contributed by atoms with Gasteiger partial charge in [-0.1, -0.05) is 53.2 Å². The van der Waals surface area contributed by atoms with Gasteiger partial charge in [-0.2, -0.15) is 4.98 Å². The van der Waals surface area contributed by atoms with Gasteiger partial charge in [-0.05, 0) is 53.4 Å². The van der Waals surface area contributed by atoms with E-state index in [9.17, 15) is 4.79 Å². The summed E-state index contributed by atoms with van der Waals surface area (Å²) < 4.78 is 10.9. The Morgan fingerprint density at radius 3 is 2.55 bits per heavy atom. The lowest BCUT2D eigenvalue weighted by atomic mass is 9.94. The molecule has 0 aliphatic carbocycles. The van der Waals surface area contributed by atoms with Crippen molar-refractivity contribution in [3.63, 3.8) is 0 Å². The zero-order valence-corrected chi connectivity index (χ0v) is 17.7. The molecule has 156 valence electrons. The minimum absolute atomic E-state index is 0.0186. The van der Waals surface area contributed by atoms with Gasteiger partial charge in [0.05, 0.1) is 17.2 Å². The number of methoxy groups -OCH3 is 1. The average molecular weight is 435 g/mol. The molecule has 1 N–H and O–H groups in total. The van der Waals surface area contributed by atoms with E-state index in [2.05, 4.69) is 29.2 Å². The predicted molar refractivity (Wildman–Crippen MR) is 118 cm³/mol. The number of carboxylic acid groups (broad SMARTS) is 1. The second-order valence-corrected chi connectivity index (χ2v) is 7.45. The van der Waals surface area contributed by atoms with E-state index in [1.54, 1.807) is 13.2 Å². The number of nitrogens with zero attached hydrogens (tertiary/aromatic N) is 2. The van der Waals surface area contributed by atoms with Crippen LogP contribution in [0.1, 0.15) is 21.5 Å². The lowest BCUT2D eigenvalue weighted by molar-refractivity contribution is 0.0697. The molecule has 1 aromatic heterocycles. The maximum Gasteiger partial charge on any atom is 0.337 e. The third-order valence-electron chi connectivity index (χ3n) is 4.97. The fourth-order valence-electron chi connectivity index (χ4n) is 3.43. The molecule has 0 bridgehead atoms. The zero-order valence-electron chi connectivity index (χ0n) is 16.9. The first-order valence-corrected chi connectivity index (χ1v) is 9.91. The third-order valence-corrected chi connectivity index (χ3v) is 5.28. The van der Waals surface area contributed by atoms with Crippen LogP contribution in [-0.2, 0) is 11.3 Å². The van der Waals surface area contributed by atoms with E-state index in [-0.39, 0.29) is 10.6 Å². The first-order chi connectivity index (χ1) is 15.0. The van der Waals surface area contributed by atoms with Crippen molar-refractivity contribution in [1.29, 1.82) is 0 Å². The fraction of sp³-hybridized carbons (Fsp3) is 0.125. The lowest BCUT2D eigenvalue weighted by Gasteiger charge is -2.12. The van der Waals surface area contributed by atoms with Crippen LogP contribution in [0.25, 0.3) is 34.0 Å². The quantitative estimate of drug-likeness (QED) is 0.408. The number of carboxylic acids is 1. The van der Waals surface area contributed by atoms with Gasteiger partial charge in [-0.3, -0.25) is 0 Å². The number of hydrogen-bond acceptors (Lipinski definition) is 5. The normalized spacial score (nSPS) is 10.9. The Bertz CT molecular complexity index is 1270. The van der Waals surface area contributed by atoms with Crippen LogP contribution in [0.3, 0.4) is 0 Å². The number of halogens is 1. The lowest BCUT2D eigenvalue weighted by Crippen LogP contribution is -1.97. The van der Waals surface area contributed by atoms with Gasteiger partial charge in [-0.15, -0.1) is 0 Å². The summed E-state index contributed by atoms with van der Waals surface area (Å²) in [5, 5.41) is 13.3. The van der Waals surface area contributed by atoms with E-state index < -0.39 is 5.97 Å². The molecule has 6 nitrogen and oxygen atoms in total. The van der Waals surface area contributed by atoms with Crippen LogP contribution in [0.2, 0.25) is 5.02 Å². The molecule has 3 aromatic carbocycles. The van der Waals surface area contributed by atoms with Gasteiger partial charge in [0.15, 0.2) is 0 Å². The van der Waals surface area contributed by atoms with Crippen LogP contribution in [0.4, 0.5) is 0 Å². The summed E-state index contributed by atoms with van der Waals surface area (Å²) in [7, 11) is 1.66. The molecule has 1 heterocycles. The summed E-state index contributed by atoms with van der Waals surface area (Å²) in [5.74, 6) is -0.419. The molecule has 4 aromatic rings. The van der Waals surface area contributed by atoms with E-state index in [0.29, 0.717) is 23.9 Å². The van der Waals surface area contributed by atoms with E-state index in [4.69, 9.17) is 26.0 Å². The number of benzene rings is 3. The molecule has 4 rings (SSSR count). The molecule has 7 heteroatoms. The molecule has 0 unspecified atom stereocenters. The number of rotatable bonds is 6. The number of ether oxygens (including phenoxy) is 1. The third kappa shape index (κ3) is 4.21. The molecule has 0 fully saturated rings. The Morgan fingerprint density at radius 2 is 1.84 bits per heavy atom. The molecule has 0 spiro atoms. The first-order valence-electron chi connectivity index (χ1n) is 9.53. The predicted octanol–water partition coefficient (Wildman–Crippen LogP) is 5.88. The Balaban J connectivity index is 1.70. The van der Waals surface area contributed by atoms with Crippen LogP contribution in [0.5, 0.6) is 0 Å². The zero-order chi connectivity index (χ0) is 22.0. The van der Waals surface area contributed by atoms with Gasteiger partial charge in [0.1, 0.15) is 0 Å². The molecule has 0 amide bonds. The summed E-state index contributed by atoms with van der Waals surface area (Å²) >= 11 is 6.06. The monoisotopic (exact) mass is 434 g/mol. The summed E-state index contributed by atoms with van der Waals surface area (Å²) in [6.45, 7) is 2.51. The standard InChI is InChI=1S/C24H19ClN2O4/c1-14-5-3-4-6-18(14)19-9-8-16(11-17(19)13-30-2)23-26-22(27-31-23)15-7-10-20(24(28)29)21(25)12-15/h3-12H,13H2,1-2H3,(H,28,29). The van der Waals surface area contributed by atoms with Crippen LogP contribution < -0.4 is 0 Å². The summed E-state index contributed by atoms with van der Waals surface area (Å²) in [6, 6.07) is 18.6. The van der Waals surface area contributed by atoms with Crippen molar-refractivity contribution in [2.45, 2.75) is 13.5 Å². The number of aromatic nitrogens is 2. The highest BCUT2D eigenvalue weighted by Crippen LogP contribution is 2.32. The van der Waals surface area contributed by atoms with Crippen molar-refractivity contribution < 1.29 is 19.2 Å². The molecule has 0 radical (unpaired) electrons. The highest BCUT2D eigenvalue weighted by atomic mass is 35.5. The molecule has 0 saturated heterocycles. The minimum atomic E-state index is -1.09. The number of aromatic carboxylic acids is 1. The Morgan fingerprint density at radius 1 is 1.06 bits per heavy atom. The van der Waals surface area contributed by atoms with Gasteiger partial charge in [0.2, 0.25) is 5.82 Å². The van der Waals surface area contributed by atoms with Crippen molar-refractivity contribution in [2.24, 2.45) is 0 Å². The van der Waals surface area contributed by atoms with E-state index in [0.717, 1.165) is 22.3 Å².